The van der Waals surface area contributed by atoms with Crippen LogP contribution in [0.15, 0.2) is 41.0 Å². The highest BCUT2D eigenvalue weighted by atomic mass is 79.9. The first-order valence-electron chi connectivity index (χ1n) is 8.84. The molecule has 0 bridgehead atoms. The standard InChI is InChI=1S/C19H24BrN5O/c1-25(2)17-11-12-21-19(24-17)23-16-9-7-15(8-10-16)22-18(26)13-3-5-14(20)6-4-13/h3-6,11-12,15-16H,7-10H2,1-2H3,(H,22,26)(H,21,23,24). The van der Waals surface area contributed by atoms with E-state index in [1.54, 1.807) is 6.20 Å². The van der Waals surface area contributed by atoms with Gasteiger partial charge >= 0.3 is 0 Å². The highest BCUT2D eigenvalue weighted by molar-refractivity contribution is 9.10. The molecule has 0 aliphatic heterocycles. The van der Waals surface area contributed by atoms with Crippen LogP contribution in [0.4, 0.5) is 11.8 Å². The summed E-state index contributed by atoms with van der Waals surface area (Å²) in [6.07, 6.45) is 5.65. The summed E-state index contributed by atoms with van der Waals surface area (Å²) < 4.78 is 0.973. The van der Waals surface area contributed by atoms with Gasteiger partial charge in [-0.3, -0.25) is 4.79 Å². The Balaban J connectivity index is 1.49. The lowest BCUT2D eigenvalue weighted by Crippen LogP contribution is -2.40. The van der Waals surface area contributed by atoms with Gasteiger partial charge in [-0.15, -0.1) is 0 Å². The van der Waals surface area contributed by atoms with Crippen LogP contribution in [0.2, 0.25) is 0 Å². The Morgan fingerprint density at radius 3 is 2.38 bits per heavy atom. The number of carbonyl (C=O) groups excluding carboxylic acids is 1. The van der Waals surface area contributed by atoms with Crippen LogP contribution >= 0.6 is 15.9 Å². The summed E-state index contributed by atoms with van der Waals surface area (Å²) in [6.45, 7) is 0. The van der Waals surface area contributed by atoms with Crippen molar-refractivity contribution < 1.29 is 4.79 Å². The number of amides is 1. The number of aromatic nitrogens is 2. The van der Waals surface area contributed by atoms with Crippen LogP contribution in [0.1, 0.15) is 36.0 Å². The summed E-state index contributed by atoms with van der Waals surface area (Å²) in [5.41, 5.74) is 0.697. The topological polar surface area (TPSA) is 70.2 Å². The minimum Gasteiger partial charge on any atom is -0.363 e. The van der Waals surface area contributed by atoms with Crippen LogP contribution in [0.5, 0.6) is 0 Å². The molecule has 1 aliphatic rings. The molecule has 1 aromatic heterocycles. The maximum atomic E-state index is 12.3. The summed E-state index contributed by atoms with van der Waals surface area (Å²) >= 11 is 3.39. The third kappa shape index (κ3) is 4.94. The Kier molecular flexibility index (Phi) is 6.08. The maximum Gasteiger partial charge on any atom is 0.251 e. The summed E-state index contributed by atoms with van der Waals surface area (Å²) in [5, 5.41) is 6.56. The number of hydrogen-bond acceptors (Lipinski definition) is 5. The molecule has 6 nitrogen and oxygen atoms in total. The van der Waals surface area contributed by atoms with Crippen molar-refractivity contribution in [1.82, 2.24) is 15.3 Å². The van der Waals surface area contributed by atoms with Crippen LogP contribution in [0.25, 0.3) is 0 Å². The van der Waals surface area contributed by atoms with Crippen LogP contribution in [0.3, 0.4) is 0 Å². The lowest BCUT2D eigenvalue weighted by atomic mass is 9.91. The van der Waals surface area contributed by atoms with Crippen molar-refractivity contribution >= 4 is 33.6 Å². The molecule has 0 radical (unpaired) electrons. The molecule has 7 heteroatoms. The van der Waals surface area contributed by atoms with E-state index in [1.807, 2.05) is 49.3 Å². The third-order valence-corrected chi connectivity index (χ3v) is 5.13. The molecule has 3 rings (SSSR count). The highest BCUT2D eigenvalue weighted by Crippen LogP contribution is 2.22. The molecule has 0 spiro atoms. The second-order valence-electron chi connectivity index (χ2n) is 6.81. The smallest absolute Gasteiger partial charge is 0.251 e. The monoisotopic (exact) mass is 417 g/mol. The predicted octanol–water partition coefficient (Wildman–Crippen LogP) is 3.46. The van der Waals surface area contributed by atoms with Crippen molar-refractivity contribution in [3.8, 4) is 0 Å². The average molecular weight is 418 g/mol. The van der Waals surface area contributed by atoms with Gasteiger partial charge in [0.25, 0.3) is 5.91 Å². The molecule has 0 saturated heterocycles. The van der Waals surface area contributed by atoms with E-state index < -0.39 is 0 Å². The van der Waals surface area contributed by atoms with Gasteiger partial charge in [0.15, 0.2) is 0 Å². The molecule has 0 atom stereocenters. The first kappa shape index (κ1) is 18.6. The Labute approximate surface area is 162 Å². The Bertz CT molecular complexity index is 742. The van der Waals surface area contributed by atoms with Crippen molar-refractivity contribution in [3.63, 3.8) is 0 Å². The molecule has 1 aliphatic carbocycles. The fourth-order valence-electron chi connectivity index (χ4n) is 3.10. The van der Waals surface area contributed by atoms with Gasteiger partial charge in [0.1, 0.15) is 5.82 Å². The second kappa shape index (κ2) is 8.49. The van der Waals surface area contributed by atoms with Gasteiger partial charge in [-0.2, -0.15) is 4.98 Å². The minimum atomic E-state index is -0.00377. The Morgan fingerprint density at radius 1 is 1.08 bits per heavy atom. The first-order chi connectivity index (χ1) is 12.5. The second-order valence-corrected chi connectivity index (χ2v) is 7.72. The van der Waals surface area contributed by atoms with E-state index in [2.05, 4.69) is 36.5 Å². The normalized spacial score (nSPS) is 19.7. The van der Waals surface area contributed by atoms with Gasteiger partial charge in [0, 0.05) is 42.4 Å². The van der Waals surface area contributed by atoms with Gasteiger partial charge in [-0.05, 0) is 56.0 Å². The molecular weight excluding hydrogens is 394 g/mol. The van der Waals surface area contributed by atoms with Crippen molar-refractivity contribution in [2.75, 3.05) is 24.3 Å². The molecule has 1 amide bonds. The van der Waals surface area contributed by atoms with E-state index in [0.717, 1.165) is 36.0 Å². The van der Waals surface area contributed by atoms with E-state index in [9.17, 15) is 4.79 Å². The number of benzene rings is 1. The van der Waals surface area contributed by atoms with Gasteiger partial charge in [0.05, 0.1) is 0 Å². The largest absolute Gasteiger partial charge is 0.363 e. The Hall–Kier alpha value is -2.15. The molecular formula is C19H24BrN5O. The molecule has 1 saturated carbocycles. The number of nitrogens with one attached hydrogen (secondary N) is 2. The number of hydrogen-bond donors (Lipinski definition) is 2. The maximum absolute atomic E-state index is 12.3. The van der Waals surface area contributed by atoms with E-state index in [-0.39, 0.29) is 11.9 Å². The molecule has 2 aromatic rings. The third-order valence-electron chi connectivity index (χ3n) is 4.60. The number of anilines is 2. The van der Waals surface area contributed by atoms with Crippen molar-refractivity contribution in [2.45, 2.75) is 37.8 Å². The Morgan fingerprint density at radius 2 is 1.73 bits per heavy atom. The highest BCUT2D eigenvalue weighted by Gasteiger charge is 2.23. The van der Waals surface area contributed by atoms with Crippen LogP contribution in [0, 0.1) is 0 Å². The molecule has 138 valence electrons. The number of halogens is 1. The average Bonchev–Trinajstić information content (AvgIpc) is 2.64. The lowest BCUT2D eigenvalue weighted by molar-refractivity contribution is 0.0926. The van der Waals surface area contributed by atoms with Crippen molar-refractivity contribution in [1.29, 1.82) is 0 Å². The molecule has 0 unspecified atom stereocenters. The zero-order valence-corrected chi connectivity index (χ0v) is 16.7. The van der Waals surface area contributed by atoms with Crippen LogP contribution in [-0.2, 0) is 0 Å². The van der Waals surface area contributed by atoms with Crippen molar-refractivity contribution in [2.24, 2.45) is 0 Å². The zero-order chi connectivity index (χ0) is 18.5. The van der Waals surface area contributed by atoms with E-state index >= 15 is 0 Å². The van der Waals surface area contributed by atoms with E-state index in [1.165, 1.54) is 0 Å². The molecule has 2 N–H and O–H groups in total. The number of carbonyl (C=O) groups is 1. The summed E-state index contributed by atoms with van der Waals surface area (Å²) in [7, 11) is 3.93. The zero-order valence-electron chi connectivity index (χ0n) is 15.1. The SMILES string of the molecule is CN(C)c1ccnc(NC2CCC(NC(=O)c3ccc(Br)cc3)CC2)n1. The predicted molar refractivity (Wildman–Crippen MR) is 108 cm³/mol. The first-order valence-corrected chi connectivity index (χ1v) is 9.64. The van der Waals surface area contributed by atoms with E-state index in [0.29, 0.717) is 17.6 Å². The summed E-state index contributed by atoms with van der Waals surface area (Å²) in [4.78, 5) is 23.1. The quantitative estimate of drug-likeness (QED) is 0.779. The fraction of sp³-hybridized carbons (Fsp3) is 0.421. The molecule has 1 heterocycles. The van der Waals surface area contributed by atoms with E-state index in [4.69, 9.17) is 0 Å². The number of nitrogens with zero attached hydrogens (tertiary/aromatic N) is 3. The van der Waals surface area contributed by atoms with Gasteiger partial charge in [0.2, 0.25) is 5.95 Å². The van der Waals surface area contributed by atoms with Crippen LogP contribution < -0.4 is 15.5 Å². The molecule has 1 aromatic carbocycles. The van der Waals surface area contributed by atoms with Gasteiger partial charge in [-0.1, -0.05) is 15.9 Å². The fourth-order valence-corrected chi connectivity index (χ4v) is 3.37. The summed E-state index contributed by atoms with van der Waals surface area (Å²) in [5.74, 6) is 1.55. The molecule has 26 heavy (non-hydrogen) atoms. The lowest BCUT2D eigenvalue weighted by Gasteiger charge is -2.29. The van der Waals surface area contributed by atoms with Crippen molar-refractivity contribution in [3.05, 3.63) is 46.6 Å². The van der Waals surface area contributed by atoms with Gasteiger partial charge in [-0.25, -0.2) is 4.98 Å². The summed E-state index contributed by atoms with van der Waals surface area (Å²) in [6, 6.07) is 9.89. The minimum absolute atomic E-state index is 0.00377. The molecule has 1 fully saturated rings. The number of rotatable bonds is 5. The van der Waals surface area contributed by atoms with Gasteiger partial charge < -0.3 is 15.5 Å². The van der Waals surface area contributed by atoms with Crippen LogP contribution in [-0.4, -0.2) is 42.1 Å².